The van der Waals surface area contributed by atoms with Gasteiger partial charge in [0.15, 0.2) is 5.82 Å². The van der Waals surface area contributed by atoms with Crippen molar-refractivity contribution in [1.82, 2.24) is 9.97 Å². The highest BCUT2D eigenvalue weighted by atomic mass is 79.9. The number of hydrogen-bond donors (Lipinski definition) is 0. The lowest BCUT2D eigenvalue weighted by Gasteiger charge is -1.99. The third kappa shape index (κ3) is 1.80. The van der Waals surface area contributed by atoms with Gasteiger partial charge in [-0.15, -0.1) is 0 Å². The van der Waals surface area contributed by atoms with Gasteiger partial charge >= 0.3 is 0 Å². The van der Waals surface area contributed by atoms with Gasteiger partial charge in [-0.2, -0.15) is 0 Å². The number of aromatic nitrogens is 2. The fourth-order valence-electron chi connectivity index (χ4n) is 1.08. The van der Waals surface area contributed by atoms with Crippen molar-refractivity contribution in [3.05, 3.63) is 46.9 Å². The molecule has 0 aliphatic heterocycles. The summed E-state index contributed by atoms with van der Waals surface area (Å²) in [4.78, 5) is 8.05. The van der Waals surface area contributed by atoms with E-state index in [9.17, 15) is 4.39 Å². The molecule has 2 aromatic rings. The molecule has 0 atom stereocenters. The summed E-state index contributed by atoms with van der Waals surface area (Å²) in [6.07, 6.45) is 3.25. The molecule has 14 heavy (non-hydrogen) atoms. The first kappa shape index (κ1) is 9.27. The number of hydrogen-bond acceptors (Lipinski definition) is 2. The Kier molecular flexibility index (Phi) is 2.54. The first-order chi connectivity index (χ1) is 6.77. The first-order valence-corrected chi connectivity index (χ1v) is 4.79. The second-order valence-electron chi connectivity index (χ2n) is 2.70. The zero-order chi connectivity index (χ0) is 9.97. The van der Waals surface area contributed by atoms with E-state index in [0.717, 1.165) is 0 Å². The molecule has 1 aromatic heterocycles. The second kappa shape index (κ2) is 3.84. The molecule has 2 nitrogen and oxygen atoms in total. The van der Waals surface area contributed by atoms with Crippen molar-refractivity contribution in [1.29, 1.82) is 0 Å². The SMILES string of the molecule is Fc1cc(-c2ncccn2)ccc1Br. The first-order valence-electron chi connectivity index (χ1n) is 4.00. The molecule has 70 valence electrons. The van der Waals surface area contributed by atoms with Crippen LogP contribution in [-0.2, 0) is 0 Å². The van der Waals surface area contributed by atoms with Crippen LogP contribution in [-0.4, -0.2) is 9.97 Å². The van der Waals surface area contributed by atoms with Gasteiger partial charge in [-0.05, 0) is 40.2 Å². The highest BCUT2D eigenvalue weighted by Crippen LogP contribution is 2.21. The normalized spacial score (nSPS) is 10.1. The van der Waals surface area contributed by atoms with Crippen LogP contribution in [0.15, 0.2) is 41.1 Å². The average molecular weight is 253 g/mol. The fourth-order valence-corrected chi connectivity index (χ4v) is 1.33. The third-order valence-electron chi connectivity index (χ3n) is 1.74. The van der Waals surface area contributed by atoms with Crippen LogP contribution in [0.1, 0.15) is 0 Å². The van der Waals surface area contributed by atoms with E-state index in [0.29, 0.717) is 15.9 Å². The van der Waals surface area contributed by atoms with Gasteiger partial charge in [0, 0.05) is 18.0 Å². The molecule has 0 saturated carbocycles. The predicted octanol–water partition coefficient (Wildman–Crippen LogP) is 3.05. The Balaban J connectivity index is 2.48. The smallest absolute Gasteiger partial charge is 0.159 e. The lowest BCUT2D eigenvalue weighted by molar-refractivity contribution is 0.621. The fraction of sp³-hybridized carbons (Fsp3) is 0. The molecule has 0 bridgehead atoms. The third-order valence-corrected chi connectivity index (χ3v) is 2.39. The summed E-state index contributed by atoms with van der Waals surface area (Å²) in [6.45, 7) is 0. The van der Waals surface area contributed by atoms with Gasteiger partial charge in [0.1, 0.15) is 5.82 Å². The topological polar surface area (TPSA) is 25.8 Å². The maximum Gasteiger partial charge on any atom is 0.159 e. The van der Waals surface area contributed by atoms with Crippen LogP contribution in [0.2, 0.25) is 0 Å². The molecule has 2 rings (SSSR count). The molecule has 0 radical (unpaired) electrons. The van der Waals surface area contributed by atoms with Gasteiger partial charge in [0.25, 0.3) is 0 Å². The van der Waals surface area contributed by atoms with Crippen LogP contribution in [0, 0.1) is 5.82 Å². The second-order valence-corrected chi connectivity index (χ2v) is 3.56. The summed E-state index contributed by atoms with van der Waals surface area (Å²) >= 11 is 3.09. The Bertz CT molecular complexity index is 445. The molecule has 0 aliphatic carbocycles. The molecule has 0 fully saturated rings. The largest absolute Gasteiger partial charge is 0.237 e. The van der Waals surface area contributed by atoms with E-state index in [4.69, 9.17) is 0 Å². The van der Waals surface area contributed by atoms with Crippen LogP contribution < -0.4 is 0 Å². The van der Waals surface area contributed by atoms with Crippen LogP contribution in [0.3, 0.4) is 0 Å². The number of rotatable bonds is 1. The molecular weight excluding hydrogens is 247 g/mol. The zero-order valence-electron chi connectivity index (χ0n) is 7.11. The maximum absolute atomic E-state index is 13.2. The number of benzene rings is 1. The number of halogens is 2. The van der Waals surface area contributed by atoms with Gasteiger partial charge in [-0.25, -0.2) is 14.4 Å². The van der Waals surface area contributed by atoms with Crippen LogP contribution >= 0.6 is 15.9 Å². The van der Waals surface area contributed by atoms with Crippen molar-refractivity contribution in [2.45, 2.75) is 0 Å². The lowest BCUT2D eigenvalue weighted by atomic mass is 10.2. The Labute approximate surface area is 89.0 Å². The minimum Gasteiger partial charge on any atom is -0.237 e. The molecule has 1 heterocycles. The average Bonchev–Trinajstić information content (AvgIpc) is 2.23. The van der Waals surface area contributed by atoms with Crippen molar-refractivity contribution in [3.63, 3.8) is 0 Å². The van der Waals surface area contributed by atoms with Gasteiger partial charge < -0.3 is 0 Å². The number of nitrogens with zero attached hydrogens (tertiary/aromatic N) is 2. The minimum atomic E-state index is -0.310. The van der Waals surface area contributed by atoms with E-state index in [1.165, 1.54) is 6.07 Å². The van der Waals surface area contributed by atoms with Crippen LogP contribution in [0.4, 0.5) is 4.39 Å². The van der Waals surface area contributed by atoms with Crippen LogP contribution in [0.25, 0.3) is 11.4 Å². The lowest BCUT2D eigenvalue weighted by Crippen LogP contribution is -1.87. The summed E-state index contributed by atoms with van der Waals surface area (Å²) in [5.41, 5.74) is 0.673. The molecule has 0 unspecified atom stereocenters. The van der Waals surface area contributed by atoms with E-state index < -0.39 is 0 Å². The van der Waals surface area contributed by atoms with Gasteiger partial charge in [0.2, 0.25) is 0 Å². The van der Waals surface area contributed by atoms with Crippen molar-refractivity contribution in [2.75, 3.05) is 0 Å². The molecule has 0 spiro atoms. The molecule has 4 heteroatoms. The van der Waals surface area contributed by atoms with Gasteiger partial charge in [0.05, 0.1) is 4.47 Å². The molecule has 0 amide bonds. The van der Waals surface area contributed by atoms with Crippen molar-refractivity contribution in [3.8, 4) is 11.4 Å². The Morgan fingerprint density at radius 1 is 1.14 bits per heavy atom. The van der Waals surface area contributed by atoms with E-state index in [1.54, 1.807) is 30.6 Å². The molecule has 0 saturated heterocycles. The quantitative estimate of drug-likeness (QED) is 0.780. The van der Waals surface area contributed by atoms with E-state index in [2.05, 4.69) is 25.9 Å². The summed E-state index contributed by atoms with van der Waals surface area (Å²) in [6, 6.07) is 6.53. The highest BCUT2D eigenvalue weighted by Gasteiger charge is 2.03. The minimum absolute atomic E-state index is 0.310. The molecular formula is C10H6BrFN2. The Morgan fingerprint density at radius 3 is 2.50 bits per heavy atom. The monoisotopic (exact) mass is 252 g/mol. The maximum atomic E-state index is 13.2. The molecule has 0 aliphatic rings. The summed E-state index contributed by atoms with van der Waals surface area (Å²) in [7, 11) is 0. The zero-order valence-corrected chi connectivity index (χ0v) is 8.70. The molecule has 1 aromatic carbocycles. The summed E-state index contributed by atoms with van der Waals surface area (Å²) in [5, 5.41) is 0. The van der Waals surface area contributed by atoms with E-state index in [-0.39, 0.29) is 5.82 Å². The van der Waals surface area contributed by atoms with Crippen molar-refractivity contribution >= 4 is 15.9 Å². The van der Waals surface area contributed by atoms with Crippen molar-refractivity contribution in [2.24, 2.45) is 0 Å². The summed E-state index contributed by atoms with van der Waals surface area (Å²) < 4.78 is 13.6. The van der Waals surface area contributed by atoms with Crippen molar-refractivity contribution < 1.29 is 4.39 Å². The van der Waals surface area contributed by atoms with Gasteiger partial charge in [-0.1, -0.05) is 0 Å². The van der Waals surface area contributed by atoms with E-state index >= 15 is 0 Å². The van der Waals surface area contributed by atoms with E-state index in [1.807, 2.05) is 0 Å². The predicted molar refractivity (Wildman–Crippen MR) is 55.1 cm³/mol. The Hall–Kier alpha value is -1.29. The Morgan fingerprint density at radius 2 is 1.86 bits per heavy atom. The highest BCUT2D eigenvalue weighted by molar-refractivity contribution is 9.10. The van der Waals surface area contributed by atoms with Gasteiger partial charge in [-0.3, -0.25) is 0 Å². The molecule has 0 N–H and O–H groups in total. The standard InChI is InChI=1S/C10H6BrFN2/c11-8-3-2-7(6-9(8)12)10-13-4-1-5-14-10/h1-6H. The van der Waals surface area contributed by atoms with Crippen LogP contribution in [0.5, 0.6) is 0 Å². The summed E-state index contributed by atoms with van der Waals surface area (Å²) in [5.74, 6) is 0.217.